The number of methoxy groups -OCH3 is 1. The van der Waals surface area contributed by atoms with E-state index >= 15 is 0 Å². The lowest BCUT2D eigenvalue weighted by molar-refractivity contribution is 0.0963. The van der Waals surface area contributed by atoms with Gasteiger partial charge in [0, 0.05) is 46.3 Å². The highest BCUT2D eigenvalue weighted by Crippen LogP contribution is 2.04. The molecule has 16 heavy (non-hydrogen) atoms. The zero-order valence-corrected chi connectivity index (χ0v) is 10.3. The van der Waals surface area contributed by atoms with Gasteiger partial charge in [0.1, 0.15) is 0 Å². The van der Waals surface area contributed by atoms with E-state index in [4.69, 9.17) is 10.00 Å². The van der Waals surface area contributed by atoms with Gasteiger partial charge in [-0.3, -0.25) is 4.90 Å². The van der Waals surface area contributed by atoms with E-state index < -0.39 is 0 Å². The number of ether oxygens (including phenoxy) is 1. The molecule has 0 unspecified atom stereocenters. The molecule has 0 amide bonds. The minimum atomic E-state index is 0.702. The maximum absolute atomic E-state index is 8.44. The van der Waals surface area contributed by atoms with Crippen LogP contribution in [0.2, 0.25) is 0 Å². The Balaban J connectivity index is 2.01. The van der Waals surface area contributed by atoms with Crippen LogP contribution in [-0.4, -0.2) is 62.8 Å². The predicted octanol–water partition coefficient (Wildman–Crippen LogP) is 0.944. The summed E-state index contributed by atoms with van der Waals surface area (Å²) in [5, 5.41) is 8.44. The van der Waals surface area contributed by atoms with Crippen molar-refractivity contribution in [1.29, 1.82) is 5.26 Å². The molecule has 1 aliphatic heterocycles. The van der Waals surface area contributed by atoms with Gasteiger partial charge in [-0.25, -0.2) is 0 Å². The van der Waals surface area contributed by atoms with Gasteiger partial charge in [-0.15, -0.1) is 0 Å². The maximum atomic E-state index is 8.44. The van der Waals surface area contributed by atoms with Crippen LogP contribution in [-0.2, 0) is 4.74 Å². The summed E-state index contributed by atoms with van der Waals surface area (Å²) in [4.78, 5) is 4.95. The number of piperazine rings is 1. The summed E-state index contributed by atoms with van der Waals surface area (Å²) in [6.45, 7) is 7.68. The Morgan fingerprint density at radius 1 is 1.06 bits per heavy atom. The van der Waals surface area contributed by atoms with E-state index in [-0.39, 0.29) is 0 Å². The van der Waals surface area contributed by atoms with E-state index in [0.29, 0.717) is 6.42 Å². The minimum Gasteiger partial charge on any atom is -0.383 e. The molecule has 92 valence electrons. The molecule has 0 N–H and O–H groups in total. The summed E-state index contributed by atoms with van der Waals surface area (Å²) in [5.41, 5.74) is 0. The van der Waals surface area contributed by atoms with E-state index in [1.165, 1.54) is 0 Å². The van der Waals surface area contributed by atoms with Crippen molar-refractivity contribution in [2.24, 2.45) is 0 Å². The van der Waals surface area contributed by atoms with Crippen molar-refractivity contribution < 1.29 is 4.74 Å². The smallest absolute Gasteiger partial charge is 0.0621 e. The maximum Gasteiger partial charge on any atom is 0.0621 e. The molecule has 0 saturated carbocycles. The molecule has 0 aromatic carbocycles. The number of hydrogen-bond donors (Lipinski definition) is 0. The second-order valence-electron chi connectivity index (χ2n) is 4.29. The molecule has 0 bridgehead atoms. The normalized spacial score (nSPS) is 18.5. The Bertz CT molecular complexity index is 207. The lowest BCUT2D eigenvalue weighted by Crippen LogP contribution is -2.47. The van der Waals surface area contributed by atoms with Crippen LogP contribution in [0.5, 0.6) is 0 Å². The Morgan fingerprint density at radius 3 is 2.25 bits per heavy atom. The van der Waals surface area contributed by atoms with E-state index in [2.05, 4.69) is 15.9 Å². The molecule has 0 spiro atoms. The van der Waals surface area contributed by atoms with Crippen molar-refractivity contribution in [3.8, 4) is 6.07 Å². The third kappa shape index (κ3) is 5.45. The number of nitriles is 1. The summed E-state index contributed by atoms with van der Waals surface area (Å²) in [6, 6.07) is 2.20. The average Bonchev–Trinajstić information content (AvgIpc) is 2.33. The Kier molecular flexibility index (Phi) is 7.15. The highest BCUT2D eigenvalue weighted by atomic mass is 16.5. The van der Waals surface area contributed by atoms with Gasteiger partial charge >= 0.3 is 0 Å². The molecule has 0 aromatic heterocycles. The van der Waals surface area contributed by atoms with Crippen molar-refractivity contribution >= 4 is 0 Å². The van der Waals surface area contributed by atoms with Crippen molar-refractivity contribution in [2.45, 2.75) is 19.3 Å². The summed E-state index contributed by atoms with van der Waals surface area (Å²) in [6.07, 6.45) is 2.90. The van der Waals surface area contributed by atoms with Crippen molar-refractivity contribution in [3.05, 3.63) is 0 Å². The molecule has 0 radical (unpaired) electrons. The predicted molar refractivity (Wildman–Crippen MR) is 64.2 cm³/mol. The molecule has 4 heteroatoms. The highest BCUT2D eigenvalue weighted by molar-refractivity contribution is 4.73. The van der Waals surface area contributed by atoms with Gasteiger partial charge in [0.25, 0.3) is 0 Å². The molecule has 1 fully saturated rings. The van der Waals surface area contributed by atoms with Crippen LogP contribution in [0.15, 0.2) is 0 Å². The number of hydrogen-bond acceptors (Lipinski definition) is 4. The number of unbranched alkanes of at least 4 members (excludes halogenated alkanes) is 2. The van der Waals surface area contributed by atoms with Crippen molar-refractivity contribution in [3.63, 3.8) is 0 Å². The van der Waals surface area contributed by atoms with Crippen LogP contribution < -0.4 is 0 Å². The van der Waals surface area contributed by atoms with Crippen LogP contribution in [0.3, 0.4) is 0 Å². The van der Waals surface area contributed by atoms with Gasteiger partial charge in [-0.2, -0.15) is 5.26 Å². The molecule has 0 atom stereocenters. The molecule has 1 rings (SSSR count). The summed E-state index contributed by atoms with van der Waals surface area (Å²) in [5.74, 6) is 0. The van der Waals surface area contributed by atoms with Gasteiger partial charge in [0.15, 0.2) is 0 Å². The molecule has 1 heterocycles. The fourth-order valence-electron chi connectivity index (χ4n) is 2.00. The third-order valence-corrected chi connectivity index (χ3v) is 3.09. The zero-order valence-electron chi connectivity index (χ0n) is 10.3. The second-order valence-corrected chi connectivity index (χ2v) is 4.29. The zero-order chi connectivity index (χ0) is 11.6. The number of rotatable bonds is 7. The van der Waals surface area contributed by atoms with Crippen molar-refractivity contribution in [1.82, 2.24) is 9.80 Å². The first kappa shape index (κ1) is 13.4. The van der Waals surface area contributed by atoms with Crippen LogP contribution in [0.4, 0.5) is 0 Å². The first-order valence-corrected chi connectivity index (χ1v) is 6.17. The van der Waals surface area contributed by atoms with Crippen molar-refractivity contribution in [2.75, 3.05) is 53.0 Å². The molecular formula is C12H23N3O. The van der Waals surface area contributed by atoms with Crippen LogP contribution in [0, 0.1) is 11.3 Å². The largest absolute Gasteiger partial charge is 0.383 e. The second kappa shape index (κ2) is 8.51. The lowest BCUT2D eigenvalue weighted by atomic mass is 10.2. The Morgan fingerprint density at radius 2 is 1.69 bits per heavy atom. The topological polar surface area (TPSA) is 39.5 Å². The molecule has 1 saturated heterocycles. The highest BCUT2D eigenvalue weighted by Gasteiger charge is 2.15. The molecule has 0 aromatic rings. The first-order valence-electron chi connectivity index (χ1n) is 6.17. The number of nitrogens with zero attached hydrogens (tertiary/aromatic N) is 3. The van der Waals surface area contributed by atoms with Crippen LogP contribution >= 0.6 is 0 Å². The van der Waals surface area contributed by atoms with Gasteiger partial charge in [0.05, 0.1) is 12.7 Å². The first-order chi connectivity index (χ1) is 7.86. The standard InChI is InChI=1S/C12H23N3O/c1-16-12-11-15-9-7-14(8-10-15)6-4-2-3-5-13/h2-4,6-12H2,1H3. The van der Waals surface area contributed by atoms with Gasteiger partial charge in [-0.1, -0.05) is 0 Å². The summed E-state index contributed by atoms with van der Waals surface area (Å²) >= 11 is 0. The average molecular weight is 225 g/mol. The molecule has 4 nitrogen and oxygen atoms in total. The quantitative estimate of drug-likeness (QED) is 0.605. The molecule has 0 aliphatic carbocycles. The summed E-state index contributed by atoms with van der Waals surface area (Å²) in [7, 11) is 1.76. The van der Waals surface area contributed by atoms with Gasteiger partial charge in [0.2, 0.25) is 0 Å². The monoisotopic (exact) mass is 225 g/mol. The SMILES string of the molecule is COCCN1CCN(CCCCC#N)CC1. The fraction of sp³-hybridized carbons (Fsp3) is 0.917. The fourth-order valence-corrected chi connectivity index (χ4v) is 2.00. The van der Waals surface area contributed by atoms with Crippen LogP contribution in [0.25, 0.3) is 0 Å². The van der Waals surface area contributed by atoms with E-state index in [1.54, 1.807) is 7.11 Å². The van der Waals surface area contributed by atoms with Crippen LogP contribution in [0.1, 0.15) is 19.3 Å². The van der Waals surface area contributed by atoms with E-state index in [0.717, 1.165) is 58.7 Å². The molecular weight excluding hydrogens is 202 g/mol. The minimum absolute atomic E-state index is 0.702. The Hall–Kier alpha value is -0.630. The molecule has 1 aliphatic rings. The van der Waals surface area contributed by atoms with E-state index in [9.17, 15) is 0 Å². The van der Waals surface area contributed by atoms with E-state index in [1.807, 2.05) is 0 Å². The van der Waals surface area contributed by atoms with Gasteiger partial charge < -0.3 is 9.64 Å². The van der Waals surface area contributed by atoms with Gasteiger partial charge in [-0.05, 0) is 19.4 Å². The third-order valence-electron chi connectivity index (χ3n) is 3.09. The Labute approximate surface area is 98.8 Å². The summed E-state index contributed by atoms with van der Waals surface area (Å²) < 4.78 is 5.08. The lowest BCUT2D eigenvalue weighted by Gasteiger charge is -2.34.